The molecule has 0 atom stereocenters. The number of methoxy groups -OCH3 is 1. The van der Waals surface area contributed by atoms with E-state index < -0.39 is 9.84 Å². The average Bonchev–Trinajstić information content (AvgIpc) is 2.60. The monoisotopic (exact) mass is 368 g/mol. The number of rotatable bonds is 6. The van der Waals surface area contributed by atoms with Crippen LogP contribution in [0.4, 0.5) is 0 Å². The maximum absolute atomic E-state index is 11.5. The molecule has 1 N–H and O–H groups in total. The van der Waals surface area contributed by atoms with Gasteiger partial charge < -0.3 is 15.0 Å². The Bertz CT molecular complexity index is 677. The van der Waals surface area contributed by atoms with Gasteiger partial charge in [-0.05, 0) is 6.07 Å². The van der Waals surface area contributed by atoms with E-state index in [0.717, 1.165) is 30.4 Å². The van der Waals surface area contributed by atoms with Gasteiger partial charge in [-0.2, -0.15) is 0 Å². The van der Waals surface area contributed by atoms with Crippen molar-refractivity contribution in [2.24, 2.45) is 4.99 Å². The van der Waals surface area contributed by atoms with Crippen molar-refractivity contribution >= 4 is 15.8 Å². The molecule has 1 saturated heterocycles. The summed E-state index contributed by atoms with van der Waals surface area (Å²) in [6.45, 7) is 3.44. The molecule has 0 saturated carbocycles. The molecule has 140 valence electrons. The summed E-state index contributed by atoms with van der Waals surface area (Å²) in [4.78, 5) is 8.53. The van der Waals surface area contributed by atoms with E-state index in [1.807, 2.05) is 36.2 Å². The van der Waals surface area contributed by atoms with Crippen LogP contribution in [0.3, 0.4) is 0 Å². The van der Waals surface area contributed by atoms with E-state index in [2.05, 4.69) is 15.2 Å². The molecule has 0 aromatic heterocycles. The predicted molar refractivity (Wildman–Crippen MR) is 101 cm³/mol. The third-order valence-electron chi connectivity index (χ3n) is 4.32. The van der Waals surface area contributed by atoms with Crippen LogP contribution in [-0.4, -0.2) is 83.1 Å². The van der Waals surface area contributed by atoms with Crippen molar-refractivity contribution in [1.29, 1.82) is 0 Å². The second-order valence-electron chi connectivity index (χ2n) is 6.14. The number of sulfone groups is 1. The lowest BCUT2D eigenvalue weighted by Crippen LogP contribution is -2.46. The van der Waals surface area contributed by atoms with Crippen LogP contribution in [0.2, 0.25) is 0 Å². The summed E-state index contributed by atoms with van der Waals surface area (Å²) < 4.78 is 28.3. The second-order valence-corrected chi connectivity index (χ2v) is 8.44. The molecule has 1 aliphatic rings. The van der Waals surface area contributed by atoms with Crippen molar-refractivity contribution in [3.05, 3.63) is 29.8 Å². The normalized spacial score (nSPS) is 18.0. The first-order valence-electron chi connectivity index (χ1n) is 8.41. The van der Waals surface area contributed by atoms with Gasteiger partial charge in [0, 0.05) is 52.4 Å². The Balaban J connectivity index is 1.81. The molecule has 25 heavy (non-hydrogen) atoms. The molecule has 1 aromatic carbocycles. The predicted octanol–water partition coefficient (Wildman–Crippen LogP) is 0.433. The standard InChI is InChI=1S/C17H28N4O3S/c1-18-17(19-8-9-21-10-12-25(22,23)13-11-21)20(2)14-15-6-4-5-7-16(15)24-3/h4-7H,8-14H2,1-3H3,(H,18,19). The Morgan fingerprint density at radius 2 is 2.00 bits per heavy atom. The molecule has 0 bridgehead atoms. The number of nitrogens with zero attached hydrogens (tertiary/aromatic N) is 3. The van der Waals surface area contributed by atoms with Crippen molar-refractivity contribution in [1.82, 2.24) is 15.1 Å². The first-order chi connectivity index (χ1) is 11.9. The maximum atomic E-state index is 11.5. The summed E-state index contributed by atoms with van der Waals surface area (Å²) in [6, 6.07) is 7.93. The minimum Gasteiger partial charge on any atom is -0.496 e. The van der Waals surface area contributed by atoms with Crippen LogP contribution in [0.15, 0.2) is 29.3 Å². The number of aliphatic imine (C=N–C) groups is 1. The van der Waals surface area contributed by atoms with Gasteiger partial charge in [0.2, 0.25) is 0 Å². The minimum atomic E-state index is -2.82. The zero-order chi connectivity index (χ0) is 18.3. The number of benzene rings is 1. The third-order valence-corrected chi connectivity index (χ3v) is 5.93. The fourth-order valence-electron chi connectivity index (χ4n) is 2.85. The van der Waals surface area contributed by atoms with Gasteiger partial charge in [-0.25, -0.2) is 8.42 Å². The third kappa shape index (κ3) is 5.89. The highest BCUT2D eigenvalue weighted by Gasteiger charge is 2.21. The molecule has 0 radical (unpaired) electrons. The van der Waals surface area contributed by atoms with Crippen LogP contribution >= 0.6 is 0 Å². The van der Waals surface area contributed by atoms with E-state index in [1.54, 1.807) is 14.2 Å². The van der Waals surface area contributed by atoms with Gasteiger partial charge in [0.1, 0.15) is 5.75 Å². The average molecular weight is 369 g/mol. The van der Waals surface area contributed by atoms with Gasteiger partial charge in [-0.1, -0.05) is 18.2 Å². The molecular weight excluding hydrogens is 340 g/mol. The van der Waals surface area contributed by atoms with Gasteiger partial charge in [0.15, 0.2) is 15.8 Å². The number of ether oxygens (including phenoxy) is 1. The highest BCUT2D eigenvalue weighted by molar-refractivity contribution is 7.91. The SMILES string of the molecule is CN=C(NCCN1CCS(=O)(=O)CC1)N(C)Cc1ccccc1OC. The highest BCUT2D eigenvalue weighted by Crippen LogP contribution is 2.18. The van der Waals surface area contributed by atoms with E-state index in [9.17, 15) is 8.42 Å². The summed E-state index contributed by atoms with van der Waals surface area (Å²) in [6.07, 6.45) is 0. The van der Waals surface area contributed by atoms with Crippen LogP contribution in [0.25, 0.3) is 0 Å². The molecular formula is C17H28N4O3S. The zero-order valence-corrected chi connectivity index (χ0v) is 16.1. The topological polar surface area (TPSA) is 74.2 Å². The summed E-state index contributed by atoms with van der Waals surface area (Å²) >= 11 is 0. The van der Waals surface area contributed by atoms with Crippen molar-refractivity contribution in [3.8, 4) is 5.75 Å². The number of hydrogen-bond acceptors (Lipinski definition) is 5. The molecule has 1 aliphatic heterocycles. The molecule has 1 aromatic rings. The lowest BCUT2D eigenvalue weighted by atomic mass is 10.2. The quantitative estimate of drug-likeness (QED) is 0.580. The van der Waals surface area contributed by atoms with Crippen molar-refractivity contribution in [2.45, 2.75) is 6.54 Å². The Labute approximate surface area is 150 Å². The van der Waals surface area contributed by atoms with Gasteiger partial charge >= 0.3 is 0 Å². The van der Waals surface area contributed by atoms with Crippen molar-refractivity contribution in [2.75, 3.05) is 58.9 Å². The number of nitrogens with one attached hydrogen (secondary N) is 1. The Hall–Kier alpha value is -1.80. The molecule has 0 unspecified atom stereocenters. The lowest BCUT2D eigenvalue weighted by Gasteiger charge is -2.28. The molecule has 0 aliphatic carbocycles. The van der Waals surface area contributed by atoms with Crippen LogP contribution in [0.1, 0.15) is 5.56 Å². The van der Waals surface area contributed by atoms with Crippen LogP contribution in [0, 0.1) is 0 Å². The van der Waals surface area contributed by atoms with Gasteiger partial charge in [-0.3, -0.25) is 9.89 Å². The number of para-hydroxylation sites is 1. The molecule has 1 heterocycles. The lowest BCUT2D eigenvalue weighted by molar-refractivity contribution is 0.298. The maximum Gasteiger partial charge on any atom is 0.193 e. The molecule has 8 heteroatoms. The number of guanidine groups is 1. The van der Waals surface area contributed by atoms with Crippen LogP contribution < -0.4 is 10.1 Å². The molecule has 1 fully saturated rings. The van der Waals surface area contributed by atoms with Crippen LogP contribution in [0.5, 0.6) is 5.75 Å². The molecule has 0 spiro atoms. The van der Waals surface area contributed by atoms with Gasteiger partial charge in [0.25, 0.3) is 0 Å². The summed E-state index contributed by atoms with van der Waals surface area (Å²) in [5, 5.41) is 3.34. The number of hydrogen-bond donors (Lipinski definition) is 1. The minimum absolute atomic E-state index is 0.259. The Morgan fingerprint density at radius 3 is 2.64 bits per heavy atom. The first kappa shape index (κ1) is 19.5. The zero-order valence-electron chi connectivity index (χ0n) is 15.2. The Kier molecular flexibility index (Phi) is 7.07. The van der Waals surface area contributed by atoms with Crippen LogP contribution in [-0.2, 0) is 16.4 Å². The van der Waals surface area contributed by atoms with Crippen molar-refractivity contribution < 1.29 is 13.2 Å². The highest BCUT2D eigenvalue weighted by atomic mass is 32.2. The molecule has 2 rings (SSSR count). The van der Waals surface area contributed by atoms with E-state index >= 15 is 0 Å². The first-order valence-corrected chi connectivity index (χ1v) is 10.2. The van der Waals surface area contributed by atoms with E-state index in [0.29, 0.717) is 19.6 Å². The largest absolute Gasteiger partial charge is 0.496 e. The summed E-state index contributed by atoms with van der Waals surface area (Å²) in [7, 11) is 2.59. The molecule has 0 amide bonds. The summed E-state index contributed by atoms with van der Waals surface area (Å²) in [5.74, 6) is 2.18. The van der Waals surface area contributed by atoms with Gasteiger partial charge in [0.05, 0.1) is 18.6 Å². The van der Waals surface area contributed by atoms with E-state index in [4.69, 9.17) is 4.74 Å². The molecule has 7 nitrogen and oxygen atoms in total. The van der Waals surface area contributed by atoms with Crippen molar-refractivity contribution in [3.63, 3.8) is 0 Å². The smallest absolute Gasteiger partial charge is 0.193 e. The fraction of sp³-hybridized carbons (Fsp3) is 0.588. The van der Waals surface area contributed by atoms with Gasteiger partial charge in [-0.15, -0.1) is 0 Å². The van der Waals surface area contributed by atoms with E-state index in [1.165, 1.54) is 0 Å². The second kappa shape index (κ2) is 9.05. The van der Waals surface area contributed by atoms with E-state index in [-0.39, 0.29) is 11.5 Å². The fourth-order valence-corrected chi connectivity index (χ4v) is 4.13. The summed E-state index contributed by atoms with van der Waals surface area (Å²) in [5.41, 5.74) is 1.09. The Morgan fingerprint density at radius 1 is 1.32 bits per heavy atom.